The zero-order valence-corrected chi connectivity index (χ0v) is 17.1. The molecule has 29 heavy (non-hydrogen) atoms. The molecule has 8 heteroatoms. The maximum absolute atomic E-state index is 12.5. The highest BCUT2D eigenvalue weighted by atomic mass is 32.1. The Labute approximate surface area is 172 Å². The summed E-state index contributed by atoms with van der Waals surface area (Å²) in [6, 6.07) is 12.1. The van der Waals surface area contributed by atoms with Crippen molar-refractivity contribution >= 4 is 34.8 Å². The highest BCUT2D eigenvalue weighted by molar-refractivity contribution is 7.13. The van der Waals surface area contributed by atoms with E-state index in [2.05, 4.69) is 10.6 Å². The van der Waals surface area contributed by atoms with Crippen LogP contribution in [-0.2, 0) is 9.53 Å². The van der Waals surface area contributed by atoms with E-state index in [1.165, 1.54) is 11.3 Å². The van der Waals surface area contributed by atoms with E-state index >= 15 is 0 Å². The predicted molar refractivity (Wildman–Crippen MR) is 112 cm³/mol. The Balaban J connectivity index is 1.61. The number of nitrogens with zero attached hydrogens (tertiary/aromatic N) is 1. The van der Waals surface area contributed by atoms with Crippen molar-refractivity contribution < 1.29 is 19.1 Å². The molecule has 0 aliphatic heterocycles. The molecule has 0 aliphatic rings. The largest absolute Gasteiger partial charge is 0.452 e. The topological polar surface area (TPSA) is 89.4 Å². The summed E-state index contributed by atoms with van der Waals surface area (Å²) in [5.74, 6) is -1.23. The third kappa shape index (κ3) is 4.55. The highest BCUT2D eigenvalue weighted by Gasteiger charge is 2.19. The number of nitrogens with one attached hydrogen (secondary N) is 2. The summed E-state index contributed by atoms with van der Waals surface area (Å²) in [4.78, 5) is 36.1. The summed E-state index contributed by atoms with van der Waals surface area (Å²) < 4.78 is 7.18. The van der Waals surface area contributed by atoms with E-state index in [1.54, 1.807) is 37.4 Å². The summed E-state index contributed by atoms with van der Waals surface area (Å²) in [7, 11) is 1.55. The summed E-state index contributed by atoms with van der Waals surface area (Å²) in [6.07, 6.45) is 0. The van der Waals surface area contributed by atoms with Gasteiger partial charge in [-0.1, -0.05) is 0 Å². The zero-order chi connectivity index (χ0) is 21.0. The van der Waals surface area contributed by atoms with Crippen LogP contribution in [0.5, 0.6) is 0 Å². The van der Waals surface area contributed by atoms with Crippen LogP contribution < -0.4 is 10.6 Å². The second-order valence-corrected chi connectivity index (χ2v) is 7.27. The number of amides is 2. The normalized spacial score (nSPS) is 10.4. The molecule has 2 amide bonds. The van der Waals surface area contributed by atoms with Crippen molar-refractivity contribution in [3.05, 3.63) is 70.4 Å². The molecule has 150 valence electrons. The van der Waals surface area contributed by atoms with Gasteiger partial charge in [0.2, 0.25) is 0 Å². The van der Waals surface area contributed by atoms with Gasteiger partial charge in [-0.25, -0.2) is 4.79 Å². The minimum Gasteiger partial charge on any atom is -0.452 e. The molecular formula is C21H21N3O4S. The third-order valence-corrected chi connectivity index (χ3v) is 5.23. The second-order valence-electron chi connectivity index (χ2n) is 6.37. The average molecular weight is 411 g/mol. The molecule has 2 heterocycles. The number of aromatic nitrogens is 1. The van der Waals surface area contributed by atoms with Crippen molar-refractivity contribution in [1.29, 1.82) is 0 Å². The monoisotopic (exact) mass is 411 g/mol. The van der Waals surface area contributed by atoms with Crippen LogP contribution in [0.4, 0.5) is 5.69 Å². The van der Waals surface area contributed by atoms with Crippen molar-refractivity contribution in [1.82, 2.24) is 9.88 Å². The van der Waals surface area contributed by atoms with E-state index in [0.717, 1.165) is 16.4 Å². The Bertz CT molecular complexity index is 1030. The molecule has 0 fully saturated rings. The van der Waals surface area contributed by atoms with Crippen molar-refractivity contribution in [3.8, 4) is 5.00 Å². The first-order valence-corrected chi connectivity index (χ1v) is 9.80. The van der Waals surface area contributed by atoms with Crippen LogP contribution in [0.1, 0.15) is 32.1 Å². The number of carbonyl (C=O) groups is 3. The van der Waals surface area contributed by atoms with Gasteiger partial charge < -0.3 is 19.9 Å². The molecule has 0 bridgehead atoms. The summed E-state index contributed by atoms with van der Waals surface area (Å²) in [6.45, 7) is 3.52. The van der Waals surface area contributed by atoms with Crippen LogP contribution >= 0.6 is 11.3 Å². The fourth-order valence-corrected chi connectivity index (χ4v) is 3.88. The highest BCUT2D eigenvalue weighted by Crippen LogP contribution is 2.26. The predicted octanol–water partition coefficient (Wildman–Crippen LogP) is 3.31. The molecule has 0 atom stereocenters. The Morgan fingerprint density at radius 1 is 1.00 bits per heavy atom. The van der Waals surface area contributed by atoms with Gasteiger partial charge in [0, 0.05) is 29.7 Å². The lowest BCUT2D eigenvalue weighted by Gasteiger charge is -2.10. The maximum atomic E-state index is 12.5. The first-order valence-electron chi connectivity index (χ1n) is 8.92. The van der Waals surface area contributed by atoms with Crippen LogP contribution in [-0.4, -0.2) is 36.0 Å². The van der Waals surface area contributed by atoms with Gasteiger partial charge in [-0.15, -0.1) is 11.3 Å². The molecule has 3 rings (SSSR count). The molecule has 0 spiro atoms. The number of aryl methyl sites for hydroxylation is 2. The first kappa shape index (κ1) is 20.3. The molecule has 0 saturated heterocycles. The molecule has 2 aromatic heterocycles. The van der Waals surface area contributed by atoms with Gasteiger partial charge in [0.25, 0.3) is 11.8 Å². The molecule has 0 radical (unpaired) electrons. The van der Waals surface area contributed by atoms with Gasteiger partial charge in [0.1, 0.15) is 5.00 Å². The number of benzene rings is 1. The number of rotatable bonds is 6. The molecule has 0 unspecified atom stereocenters. The Morgan fingerprint density at radius 3 is 2.28 bits per heavy atom. The van der Waals surface area contributed by atoms with Crippen LogP contribution in [0.2, 0.25) is 0 Å². The third-order valence-electron chi connectivity index (χ3n) is 4.33. The maximum Gasteiger partial charge on any atom is 0.341 e. The van der Waals surface area contributed by atoms with Crippen molar-refractivity contribution in [3.63, 3.8) is 0 Å². The summed E-state index contributed by atoms with van der Waals surface area (Å²) in [5.41, 5.74) is 3.43. The lowest BCUT2D eigenvalue weighted by molar-refractivity contribution is -0.119. The van der Waals surface area contributed by atoms with Crippen LogP contribution in [0.25, 0.3) is 5.00 Å². The SMILES string of the molecule is CNC(=O)c1ccc(NC(=O)COC(=O)c2ccsc2-n2c(C)ccc2C)cc1. The minimum atomic E-state index is -0.557. The van der Waals surface area contributed by atoms with E-state index in [9.17, 15) is 14.4 Å². The van der Waals surface area contributed by atoms with Gasteiger partial charge in [-0.2, -0.15) is 0 Å². The van der Waals surface area contributed by atoms with Gasteiger partial charge >= 0.3 is 5.97 Å². The van der Waals surface area contributed by atoms with Gasteiger partial charge in [-0.05, 0) is 61.7 Å². The molecule has 2 N–H and O–H groups in total. The molecule has 0 aliphatic carbocycles. The fraction of sp³-hybridized carbons (Fsp3) is 0.190. The molecule has 7 nitrogen and oxygen atoms in total. The van der Waals surface area contributed by atoms with Crippen molar-refractivity contribution in [2.24, 2.45) is 0 Å². The first-order chi connectivity index (χ1) is 13.9. The van der Waals surface area contributed by atoms with Crippen molar-refractivity contribution in [2.75, 3.05) is 19.0 Å². The second kappa shape index (κ2) is 8.74. The zero-order valence-electron chi connectivity index (χ0n) is 16.3. The molecule has 0 saturated carbocycles. The van der Waals surface area contributed by atoms with E-state index < -0.39 is 18.5 Å². The van der Waals surface area contributed by atoms with Crippen LogP contribution in [0.15, 0.2) is 47.8 Å². The number of anilines is 1. The fourth-order valence-electron chi connectivity index (χ4n) is 2.87. The van der Waals surface area contributed by atoms with E-state index in [0.29, 0.717) is 16.8 Å². The number of esters is 1. The van der Waals surface area contributed by atoms with E-state index in [-0.39, 0.29) is 5.91 Å². The quantitative estimate of drug-likeness (QED) is 0.609. The number of thiophene rings is 1. The smallest absolute Gasteiger partial charge is 0.341 e. The number of hydrogen-bond donors (Lipinski definition) is 2. The summed E-state index contributed by atoms with van der Waals surface area (Å²) >= 11 is 1.44. The number of carbonyl (C=O) groups excluding carboxylic acids is 3. The average Bonchev–Trinajstić information content (AvgIpc) is 3.32. The van der Waals surface area contributed by atoms with Crippen molar-refractivity contribution in [2.45, 2.75) is 13.8 Å². The lowest BCUT2D eigenvalue weighted by Crippen LogP contribution is -2.21. The standard InChI is InChI=1S/C21H21N3O4S/c1-13-4-5-14(2)24(13)20-17(10-11-29-20)21(27)28-12-18(25)23-16-8-6-15(7-9-16)19(26)22-3/h4-11H,12H2,1-3H3,(H,22,26)(H,23,25). The Kier molecular flexibility index (Phi) is 6.13. The van der Waals surface area contributed by atoms with Crippen LogP contribution in [0.3, 0.4) is 0 Å². The molecular weight excluding hydrogens is 390 g/mol. The van der Waals surface area contributed by atoms with Gasteiger partial charge in [-0.3, -0.25) is 9.59 Å². The Hall–Kier alpha value is -3.39. The number of hydrogen-bond acceptors (Lipinski definition) is 5. The lowest BCUT2D eigenvalue weighted by atomic mass is 10.2. The van der Waals surface area contributed by atoms with Gasteiger partial charge in [0.15, 0.2) is 6.61 Å². The summed E-state index contributed by atoms with van der Waals surface area (Å²) in [5, 5.41) is 7.74. The van der Waals surface area contributed by atoms with Crippen LogP contribution in [0, 0.1) is 13.8 Å². The Morgan fingerprint density at radius 2 is 1.66 bits per heavy atom. The van der Waals surface area contributed by atoms with E-state index in [4.69, 9.17) is 4.74 Å². The number of ether oxygens (including phenoxy) is 1. The molecule has 1 aromatic carbocycles. The minimum absolute atomic E-state index is 0.212. The van der Waals surface area contributed by atoms with Gasteiger partial charge in [0.05, 0.1) is 5.56 Å². The van der Waals surface area contributed by atoms with E-state index in [1.807, 2.05) is 35.9 Å². The molecule has 3 aromatic rings.